The summed E-state index contributed by atoms with van der Waals surface area (Å²) in [5.41, 5.74) is 4.65. The van der Waals surface area contributed by atoms with Crippen LogP contribution < -0.4 is 5.32 Å². The molecule has 2 nitrogen and oxygen atoms in total. The fourth-order valence-corrected chi connectivity index (χ4v) is 2.64. The number of Topliss-reactive ketones (excluding diaryl/α,β-unsaturated/α-hetero) is 1. The Morgan fingerprint density at radius 3 is 2.58 bits per heavy atom. The van der Waals surface area contributed by atoms with E-state index in [-0.39, 0.29) is 5.78 Å². The molecule has 1 N–H and O–H groups in total. The van der Waals surface area contributed by atoms with Crippen molar-refractivity contribution in [3.8, 4) is 0 Å². The maximum absolute atomic E-state index is 11.3. The molecular formula is C17H17NO. The number of hydrogen-bond donors (Lipinski definition) is 1. The number of carbonyl (C=O) groups is 1. The van der Waals surface area contributed by atoms with Gasteiger partial charge in [0.1, 0.15) is 0 Å². The molecule has 2 aromatic rings. The van der Waals surface area contributed by atoms with Crippen molar-refractivity contribution in [1.29, 1.82) is 0 Å². The van der Waals surface area contributed by atoms with Gasteiger partial charge in [-0.3, -0.25) is 4.79 Å². The lowest BCUT2D eigenvalue weighted by Crippen LogP contribution is -2.17. The number of para-hydroxylation sites is 1. The maximum atomic E-state index is 11.3. The molecule has 0 aliphatic carbocycles. The molecule has 3 rings (SSSR count). The van der Waals surface area contributed by atoms with E-state index in [0.717, 1.165) is 18.4 Å². The van der Waals surface area contributed by atoms with E-state index < -0.39 is 0 Å². The summed E-state index contributed by atoms with van der Waals surface area (Å²) in [5, 5.41) is 3.58. The summed E-state index contributed by atoms with van der Waals surface area (Å²) < 4.78 is 0. The SMILES string of the molecule is CC(=O)c1ccc(C2CCc3ccccc3N2)cc1. The highest BCUT2D eigenvalue weighted by molar-refractivity contribution is 5.94. The molecule has 1 heterocycles. The minimum Gasteiger partial charge on any atom is -0.378 e. The number of rotatable bonds is 2. The number of benzene rings is 2. The molecule has 0 fully saturated rings. The fourth-order valence-electron chi connectivity index (χ4n) is 2.64. The standard InChI is InChI=1S/C17H17NO/c1-12(19)13-6-8-15(9-7-13)17-11-10-14-4-2-3-5-16(14)18-17/h2-9,17-18H,10-11H2,1H3. The normalized spacial score (nSPS) is 17.4. The average Bonchev–Trinajstić information content (AvgIpc) is 2.47. The number of nitrogens with one attached hydrogen (secondary N) is 1. The molecular weight excluding hydrogens is 234 g/mol. The minimum atomic E-state index is 0.119. The Morgan fingerprint density at radius 1 is 1.11 bits per heavy atom. The lowest BCUT2D eigenvalue weighted by Gasteiger charge is -2.27. The summed E-state index contributed by atoms with van der Waals surface area (Å²) in [6.07, 6.45) is 2.19. The molecule has 1 atom stereocenters. The van der Waals surface area contributed by atoms with Gasteiger partial charge in [-0.25, -0.2) is 0 Å². The van der Waals surface area contributed by atoms with Gasteiger partial charge in [-0.1, -0.05) is 42.5 Å². The Bertz CT molecular complexity index is 601. The van der Waals surface area contributed by atoms with Crippen LogP contribution in [0.1, 0.15) is 40.9 Å². The predicted octanol–water partition coefficient (Wildman–Crippen LogP) is 3.99. The van der Waals surface area contributed by atoms with Crippen LogP contribution in [0.4, 0.5) is 5.69 Å². The third kappa shape index (κ3) is 2.39. The molecule has 0 radical (unpaired) electrons. The molecule has 1 aliphatic heterocycles. The van der Waals surface area contributed by atoms with Gasteiger partial charge in [0.15, 0.2) is 5.78 Å². The van der Waals surface area contributed by atoms with Crippen molar-refractivity contribution in [2.45, 2.75) is 25.8 Å². The molecule has 0 spiro atoms. The zero-order valence-corrected chi connectivity index (χ0v) is 11.0. The van der Waals surface area contributed by atoms with Crippen molar-refractivity contribution in [2.24, 2.45) is 0 Å². The molecule has 2 heteroatoms. The molecule has 0 aromatic heterocycles. The summed E-state index contributed by atoms with van der Waals surface area (Å²) in [4.78, 5) is 11.3. The Hall–Kier alpha value is -2.09. The van der Waals surface area contributed by atoms with Gasteiger partial charge in [0.2, 0.25) is 0 Å². The van der Waals surface area contributed by atoms with E-state index in [9.17, 15) is 4.79 Å². The summed E-state index contributed by atoms with van der Waals surface area (Å²) >= 11 is 0. The first-order chi connectivity index (χ1) is 9.24. The van der Waals surface area contributed by atoms with Gasteiger partial charge < -0.3 is 5.32 Å². The monoisotopic (exact) mass is 251 g/mol. The number of anilines is 1. The molecule has 0 saturated heterocycles. The average molecular weight is 251 g/mol. The van der Waals surface area contributed by atoms with Crippen molar-refractivity contribution >= 4 is 11.5 Å². The molecule has 2 aromatic carbocycles. The smallest absolute Gasteiger partial charge is 0.159 e. The van der Waals surface area contributed by atoms with Crippen LogP contribution in [0.15, 0.2) is 48.5 Å². The molecule has 0 amide bonds. The first-order valence-electron chi connectivity index (χ1n) is 6.69. The van der Waals surface area contributed by atoms with Crippen LogP contribution in [0.25, 0.3) is 0 Å². The highest BCUT2D eigenvalue weighted by Crippen LogP contribution is 2.32. The minimum absolute atomic E-state index is 0.119. The number of aryl methyl sites for hydroxylation is 1. The van der Waals surface area contributed by atoms with Gasteiger partial charge in [-0.2, -0.15) is 0 Å². The van der Waals surface area contributed by atoms with E-state index in [0.29, 0.717) is 6.04 Å². The number of fused-ring (bicyclic) bond motifs is 1. The van der Waals surface area contributed by atoms with E-state index in [4.69, 9.17) is 0 Å². The van der Waals surface area contributed by atoms with Gasteiger partial charge in [-0.05, 0) is 37.0 Å². The van der Waals surface area contributed by atoms with Crippen LogP contribution in [-0.2, 0) is 6.42 Å². The van der Waals surface area contributed by atoms with Crippen LogP contribution in [0.5, 0.6) is 0 Å². The second kappa shape index (κ2) is 4.88. The summed E-state index contributed by atoms with van der Waals surface area (Å²) in [6.45, 7) is 1.60. The van der Waals surface area contributed by atoms with Crippen molar-refractivity contribution < 1.29 is 4.79 Å². The van der Waals surface area contributed by atoms with Crippen molar-refractivity contribution in [3.05, 3.63) is 65.2 Å². The number of hydrogen-bond acceptors (Lipinski definition) is 2. The maximum Gasteiger partial charge on any atom is 0.159 e. The van der Waals surface area contributed by atoms with Gasteiger partial charge in [0.05, 0.1) is 6.04 Å². The van der Waals surface area contributed by atoms with E-state index in [2.05, 4.69) is 41.7 Å². The second-order valence-corrected chi connectivity index (χ2v) is 5.07. The molecule has 96 valence electrons. The third-order valence-corrected chi connectivity index (χ3v) is 3.77. The third-order valence-electron chi connectivity index (χ3n) is 3.77. The Morgan fingerprint density at radius 2 is 1.84 bits per heavy atom. The first kappa shape index (κ1) is 12.0. The van der Waals surface area contributed by atoms with E-state index >= 15 is 0 Å². The molecule has 1 aliphatic rings. The summed E-state index contributed by atoms with van der Waals surface area (Å²) in [6, 6.07) is 16.7. The van der Waals surface area contributed by atoms with E-state index in [1.807, 2.05) is 12.1 Å². The largest absolute Gasteiger partial charge is 0.378 e. The van der Waals surface area contributed by atoms with Gasteiger partial charge in [0.25, 0.3) is 0 Å². The fraction of sp³-hybridized carbons (Fsp3) is 0.235. The lowest BCUT2D eigenvalue weighted by atomic mass is 9.93. The van der Waals surface area contributed by atoms with E-state index in [1.54, 1.807) is 6.92 Å². The summed E-state index contributed by atoms with van der Waals surface area (Å²) in [7, 11) is 0. The van der Waals surface area contributed by atoms with Gasteiger partial charge in [0, 0.05) is 11.3 Å². The lowest BCUT2D eigenvalue weighted by molar-refractivity contribution is 0.101. The summed E-state index contributed by atoms with van der Waals surface area (Å²) in [5.74, 6) is 0.119. The van der Waals surface area contributed by atoms with E-state index in [1.165, 1.54) is 16.8 Å². The van der Waals surface area contributed by atoms with Crippen molar-refractivity contribution in [2.75, 3.05) is 5.32 Å². The zero-order chi connectivity index (χ0) is 13.2. The Labute approximate surface area is 113 Å². The number of ketones is 1. The quantitative estimate of drug-likeness (QED) is 0.818. The Balaban J connectivity index is 1.83. The predicted molar refractivity (Wildman–Crippen MR) is 77.6 cm³/mol. The first-order valence-corrected chi connectivity index (χ1v) is 6.69. The van der Waals surface area contributed by atoms with Crippen LogP contribution >= 0.6 is 0 Å². The Kier molecular flexibility index (Phi) is 3.08. The highest BCUT2D eigenvalue weighted by atomic mass is 16.1. The van der Waals surface area contributed by atoms with Crippen LogP contribution in [0.3, 0.4) is 0 Å². The topological polar surface area (TPSA) is 29.1 Å². The molecule has 0 saturated carbocycles. The van der Waals surface area contributed by atoms with Gasteiger partial charge in [-0.15, -0.1) is 0 Å². The second-order valence-electron chi connectivity index (χ2n) is 5.07. The molecule has 1 unspecified atom stereocenters. The van der Waals surface area contributed by atoms with Crippen molar-refractivity contribution in [1.82, 2.24) is 0 Å². The molecule has 0 bridgehead atoms. The van der Waals surface area contributed by atoms with Crippen LogP contribution in [-0.4, -0.2) is 5.78 Å². The van der Waals surface area contributed by atoms with Crippen LogP contribution in [0.2, 0.25) is 0 Å². The highest BCUT2D eigenvalue weighted by Gasteiger charge is 2.18. The molecule has 19 heavy (non-hydrogen) atoms. The zero-order valence-electron chi connectivity index (χ0n) is 11.0. The van der Waals surface area contributed by atoms with Crippen molar-refractivity contribution in [3.63, 3.8) is 0 Å². The van der Waals surface area contributed by atoms with Gasteiger partial charge >= 0.3 is 0 Å². The number of carbonyl (C=O) groups excluding carboxylic acids is 1. The van der Waals surface area contributed by atoms with Crippen LogP contribution in [0, 0.1) is 0 Å².